The highest BCUT2D eigenvalue weighted by Gasteiger charge is 2.52. The van der Waals surface area contributed by atoms with Crippen LogP contribution in [0.15, 0.2) is 50.8 Å². The lowest BCUT2D eigenvalue weighted by atomic mass is 9.81. The van der Waals surface area contributed by atoms with E-state index in [-0.39, 0.29) is 18.4 Å². The first kappa shape index (κ1) is 17.6. The Morgan fingerprint density at radius 2 is 2.21 bits per heavy atom. The van der Waals surface area contributed by atoms with E-state index in [2.05, 4.69) is 6.08 Å². The summed E-state index contributed by atoms with van der Waals surface area (Å²) in [6.07, 6.45) is 3.36. The summed E-state index contributed by atoms with van der Waals surface area (Å²) in [5.41, 5.74) is 5.78. The van der Waals surface area contributed by atoms with Gasteiger partial charge in [0.1, 0.15) is 13.3 Å². The lowest BCUT2D eigenvalue weighted by Gasteiger charge is -2.38. The van der Waals surface area contributed by atoms with E-state index in [4.69, 9.17) is 9.73 Å². The Morgan fingerprint density at radius 3 is 2.93 bits per heavy atom. The number of nitrogens with zero attached hydrogens (tertiary/aromatic N) is 2. The topological polar surface area (TPSA) is 79.2 Å². The number of carbonyl (C=O) groups is 2. The summed E-state index contributed by atoms with van der Waals surface area (Å²) >= 11 is 0. The van der Waals surface area contributed by atoms with Crippen molar-refractivity contribution in [1.29, 1.82) is 0 Å². The lowest BCUT2D eigenvalue weighted by molar-refractivity contribution is -0.171. The highest BCUT2D eigenvalue weighted by atomic mass is 19.1. The third-order valence-electron chi connectivity index (χ3n) is 6.41. The molecule has 2 saturated heterocycles. The van der Waals surface area contributed by atoms with Gasteiger partial charge < -0.3 is 14.7 Å². The Bertz CT molecular complexity index is 971. The number of ether oxygens (including phenoxy) is 1. The van der Waals surface area contributed by atoms with Crippen LogP contribution in [0, 0.1) is 17.8 Å². The smallest absolute Gasteiger partial charge is 0.335 e. The number of amides is 1. The van der Waals surface area contributed by atoms with Crippen LogP contribution in [0.1, 0.15) is 20.3 Å². The molecule has 0 bridgehead atoms. The number of rotatable bonds is 2. The fraction of sp³-hybridized carbons (Fsp3) is 0.476. The van der Waals surface area contributed by atoms with Gasteiger partial charge in [0.25, 0.3) is 0 Å². The van der Waals surface area contributed by atoms with Crippen molar-refractivity contribution in [1.82, 2.24) is 4.90 Å². The first-order valence-corrected chi connectivity index (χ1v) is 9.64. The number of fused-ring (bicyclic) bond motifs is 5. The standard InChI is InChI=1S/C21H21FN2O4/c1-3-4-10-9(2)13-7-24-15(17(13)23-18-12(6-22)16(10)18)5-11-14(20(24)26)8-28-21(27)19(11)25/h4-5,11,14,16,19,25H,3,6-8H2,1-2H3/b10-4-/t11?,14?,16-,19+/m1/s1. The summed E-state index contributed by atoms with van der Waals surface area (Å²) in [4.78, 5) is 31.2. The molecule has 2 fully saturated rings. The molecule has 2 unspecified atom stereocenters. The number of allylic oxidation sites excluding steroid dienone is 5. The second kappa shape index (κ2) is 5.98. The third-order valence-corrected chi connectivity index (χ3v) is 6.41. The average molecular weight is 384 g/mol. The normalized spacial score (nSPS) is 35.0. The molecular formula is C21H21FN2O4. The van der Waals surface area contributed by atoms with E-state index in [1.165, 1.54) is 0 Å². The summed E-state index contributed by atoms with van der Waals surface area (Å²) in [5, 5.41) is 10.3. The molecule has 1 N–H and O–H groups in total. The highest BCUT2D eigenvalue weighted by Crippen LogP contribution is 2.52. The molecule has 0 aromatic rings. The van der Waals surface area contributed by atoms with Gasteiger partial charge in [0.2, 0.25) is 5.91 Å². The van der Waals surface area contributed by atoms with Crippen molar-refractivity contribution < 1.29 is 23.8 Å². The summed E-state index contributed by atoms with van der Waals surface area (Å²) in [6, 6.07) is 0. The van der Waals surface area contributed by atoms with Crippen LogP contribution in [-0.4, -0.2) is 53.5 Å². The van der Waals surface area contributed by atoms with E-state index in [0.29, 0.717) is 23.5 Å². The van der Waals surface area contributed by atoms with E-state index in [1.807, 2.05) is 13.8 Å². The molecule has 1 amide bonds. The molecule has 0 radical (unpaired) electrons. The molecule has 7 heteroatoms. The Balaban J connectivity index is 1.66. The van der Waals surface area contributed by atoms with Crippen LogP contribution in [-0.2, 0) is 14.3 Å². The Kier molecular flexibility index (Phi) is 3.75. The molecule has 4 atom stereocenters. The van der Waals surface area contributed by atoms with E-state index < -0.39 is 30.6 Å². The zero-order chi connectivity index (χ0) is 19.7. The van der Waals surface area contributed by atoms with Gasteiger partial charge in [-0.2, -0.15) is 0 Å². The number of aliphatic imine (C=N–C) groups is 1. The molecule has 5 rings (SSSR count). The molecule has 0 spiro atoms. The van der Waals surface area contributed by atoms with E-state index in [9.17, 15) is 19.1 Å². The number of hydrogen-bond donors (Lipinski definition) is 1. The first-order valence-electron chi connectivity index (χ1n) is 9.64. The first-order chi connectivity index (χ1) is 13.5. The van der Waals surface area contributed by atoms with E-state index >= 15 is 0 Å². The summed E-state index contributed by atoms with van der Waals surface area (Å²) in [6.45, 7) is 3.89. The quantitative estimate of drug-likeness (QED) is 0.737. The molecule has 4 aliphatic heterocycles. The van der Waals surface area contributed by atoms with Gasteiger partial charge in [-0.15, -0.1) is 0 Å². The predicted molar refractivity (Wildman–Crippen MR) is 98.7 cm³/mol. The SMILES string of the molecule is CC/C=C1/C(C)=C2CN3C(=O)C4COC(=O)[C@@H](O)C4C=C3C2=NC2=C(CF)[C@H]21. The molecular weight excluding hydrogens is 363 g/mol. The molecule has 5 aliphatic rings. The van der Waals surface area contributed by atoms with Crippen LogP contribution in [0.2, 0.25) is 0 Å². The molecule has 4 heterocycles. The molecule has 0 saturated carbocycles. The third kappa shape index (κ3) is 2.19. The van der Waals surface area contributed by atoms with Gasteiger partial charge in [-0.25, -0.2) is 14.2 Å². The number of carbonyl (C=O) groups excluding carboxylic acids is 2. The molecule has 28 heavy (non-hydrogen) atoms. The summed E-state index contributed by atoms with van der Waals surface area (Å²) in [7, 11) is 0. The summed E-state index contributed by atoms with van der Waals surface area (Å²) in [5.74, 6) is -2.14. The van der Waals surface area contributed by atoms with Gasteiger partial charge in [0, 0.05) is 11.5 Å². The van der Waals surface area contributed by atoms with Gasteiger partial charge in [-0.1, -0.05) is 19.1 Å². The van der Waals surface area contributed by atoms with Crippen LogP contribution in [0.4, 0.5) is 4.39 Å². The fourth-order valence-electron chi connectivity index (χ4n) is 4.83. The van der Waals surface area contributed by atoms with Crippen molar-refractivity contribution >= 4 is 17.6 Å². The minimum absolute atomic E-state index is 0.0234. The average Bonchev–Trinajstić information content (AvgIpc) is 3.27. The molecule has 0 aromatic carbocycles. The Hall–Kier alpha value is -2.54. The van der Waals surface area contributed by atoms with Gasteiger partial charge in [-0.05, 0) is 30.1 Å². The molecule has 0 aromatic heterocycles. The second-order valence-electron chi connectivity index (χ2n) is 7.84. The van der Waals surface area contributed by atoms with Crippen LogP contribution < -0.4 is 0 Å². The maximum atomic E-state index is 13.5. The van der Waals surface area contributed by atoms with Crippen LogP contribution in [0.25, 0.3) is 0 Å². The number of aliphatic hydroxyl groups is 1. The number of aliphatic hydroxyl groups excluding tert-OH is 1. The largest absolute Gasteiger partial charge is 0.463 e. The highest BCUT2D eigenvalue weighted by molar-refractivity contribution is 6.19. The zero-order valence-corrected chi connectivity index (χ0v) is 15.7. The van der Waals surface area contributed by atoms with Crippen molar-refractivity contribution in [2.75, 3.05) is 19.8 Å². The van der Waals surface area contributed by atoms with Gasteiger partial charge in [0.15, 0.2) is 6.10 Å². The number of cyclic esters (lactones) is 1. The van der Waals surface area contributed by atoms with Crippen molar-refractivity contribution in [2.45, 2.75) is 26.4 Å². The summed E-state index contributed by atoms with van der Waals surface area (Å²) < 4.78 is 18.4. The van der Waals surface area contributed by atoms with Crippen LogP contribution in [0.5, 0.6) is 0 Å². The van der Waals surface area contributed by atoms with Crippen molar-refractivity contribution in [2.24, 2.45) is 22.7 Å². The lowest BCUT2D eigenvalue weighted by Crippen LogP contribution is -2.52. The monoisotopic (exact) mass is 384 g/mol. The van der Waals surface area contributed by atoms with Crippen LogP contribution >= 0.6 is 0 Å². The number of esters is 1. The predicted octanol–water partition coefficient (Wildman–Crippen LogP) is 1.84. The van der Waals surface area contributed by atoms with Crippen molar-refractivity contribution in [3.8, 4) is 0 Å². The maximum Gasteiger partial charge on any atom is 0.335 e. The molecule has 6 nitrogen and oxygen atoms in total. The minimum atomic E-state index is -1.36. The van der Waals surface area contributed by atoms with Crippen molar-refractivity contribution in [3.05, 3.63) is 45.8 Å². The second-order valence-corrected chi connectivity index (χ2v) is 7.84. The molecule has 146 valence electrons. The minimum Gasteiger partial charge on any atom is -0.463 e. The zero-order valence-electron chi connectivity index (χ0n) is 15.7. The van der Waals surface area contributed by atoms with Gasteiger partial charge >= 0.3 is 5.97 Å². The van der Waals surface area contributed by atoms with Crippen LogP contribution in [0.3, 0.4) is 0 Å². The van der Waals surface area contributed by atoms with Gasteiger partial charge in [-0.3, -0.25) is 4.79 Å². The number of hydrogen-bond acceptors (Lipinski definition) is 5. The van der Waals surface area contributed by atoms with E-state index in [0.717, 1.165) is 28.8 Å². The maximum absolute atomic E-state index is 13.5. The molecule has 1 aliphatic carbocycles. The Morgan fingerprint density at radius 1 is 1.43 bits per heavy atom. The van der Waals surface area contributed by atoms with Crippen molar-refractivity contribution in [3.63, 3.8) is 0 Å². The van der Waals surface area contributed by atoms with E-state index in [1.54, 1.807) is 11.0 Å². The number of halogens is 1. The van der Waals surface area contributed by atoms with Gasteiger partial charge in [0.05, 0.1) is 35.5 Å². The Labute approximate surface area is 161 Å². The number of alkyl halides is 1. The fourth-order valence-corrected chi connectivity index (χ4v) is 4.83.